The highest BCUT2D eigenvalue weighted by Crippen LogP contribution is 2.49. The first-order chi connectivity index (χ1) is 12.6. The van der Waals surface area contributed by atoms with Gasteiger partial charge in [-0.2, -0.15) is 5.26 Å². The molecule has 0 bridgehead atoms. The van der Waals surface area contributed by atoms with Gasteiger partial charge in [0.15, 0.2) is 5.75 Å². The topological polar surface area (TPSA) is 100 Å². The number of benzene rings is 1. The summed E-state index contributed by atoms with van der Waals surface area (Å²) in [5.41, 5.74) is -0.677. The average Bonchev–Trinajstić information content (AvgIpc) is 3.38. The van der Waals surface area contributed by atoms with E-state index in [-0.39, 0.29) is 18.5 Å². The van der Waals surface area contributed by atoms with Gasteiger partial charge in [-0.15, -0.1) is 0 Å². The minimum atomic E-state index is -0.716. The summed E-state index contributed by atoms with van der Waals surface area (Å²) in [5.74, 6) is -0.343. The number of amides is 1. The Labute approximate surface area is 149 Å². The Hall–Kier alpha value is -3.60. The van der Waals surface area contributed by atoms with Crippen LogP contribution in [0.3, 0.4) is 0 Å². The highest BCUT2D eigenvalue weighted by molar-refractivity contribution is 5.98. The predicted octanol–water partition coefficient (Wildman–Crippen LogP) is 2.23. The van der Waals surface area contributed by atoms with Crippen LogP contribution in [0.4, 0.5) is 4.39 Å². The smallest absolute Gasteiger partial charge is 0.255 e. The van der Waals surface area contributed by atoms with Crippen molar-refractivity contribution in [2.45, 2.75) is 12.0 Å². The third-order valence-corrected chi connectivity index (χ3v) is 4.31. The number of aromatic nitrogens is 2. The molecule has 1 amide bonds. The van der Waals surface area contributed by atoms with E-state index in [2.05, 4.69) is 20.3 Å². The fourth-order valence-corrected chi connectivity index (χ4v) is 2.90. The number of halogens is 1. The molecule has 0 radical (unpaired) electrons. The normalized spacial score (nSPS) is 22.6. The lowest BCUT2D eigenvalue weighted by Gasteiger charge is -2.19. The van der Waals surface area contributed by atoms with Crippen LogP contribution in [-0.4, -0.2) is 27.6 Å². The second kappa shape index (κ2) is 6.04. The van der Waals surface area contributed by atoms with E-state index in [1.54, 1.807) is 12.4 Å². The summed E-state index contributed by atoms with van der Waals surface area (Å²) >= 11 is 0. The number of hydrogen-bond donors (Lipinski definition) is 1. The van der Waals surface area contributed by atoms with Gasteiger partial charge in [-0.1, -0.05) is 0 Å². The van der Waals surface area contributed by atoms with E-state index in [0.717, 1.165) is 6.07 Å². The van der Waals surface area contributed by atoms with Crippen molar-refractivity contribution in [3.63, 3.8) is 0 Å². The number of carbonyl (C=O) groups excluding carboxylic acids is 1. The molecule has 1 N–H and O–H groups in total. The fourth-order valence-electron chi connectivity index (χ4n) is 2.90. The molecule has 2 atom stereocenters. The van der Waals surface area contributed by atoms with Crippen molar-refractivity contribution in [3.05, 3.63) is 65.8 Å². The Morgan fingerprint density at radius 3 is 3.00 bits per heavy atom. The molecule has 2 aromatic rings. The minimum absolute atomic E-state index is 0. The number of carbonyl (C=O) groups is 1. The second-order valence-corrected chi connectivity index (χ2v) is 6.04. The van der Waals surface area contributed by atoms with Gasteiger partial charge in [0.1, 0.15) is 17.9 Å². The first kappa shape index (κ1) is 15.9. The van der Waals surface area contributed by atoms with Crippen molar-refractivity contribution in [1.82, 2.24) is 15.3 Å². The van der Waals surface area contributed by atoms with E-state index >= 15 is 0 Å². The van der Waals surface area contributed by atoms with Gasteiger partial charge >= 0.3 is 0 Å². The van der Waals surface area contributed by atoms with Crippen LogP contribution < -0.4 is 10.1 Å². The van der Waals surface area contributed by atoms with E-state index in [4.69, 9.17) is 10.00 Å². The summed E-state index contributed by atoms with van der Waals surface area (Å²) < 4.78 is 19.7. The van der Waals surface area contributed by atoms with Crippen LogP contribution in [-0.2, 0) is 0 Å². The molecule has 1 saturated carbocycles. The van der Waals surface area contributed by atoms with Crippen LogP contribution in [0.1, 0.15) is 23.8 Å². The fraction of sp³-hybridized carbons (Fsp3) is 0.167. The molecular weight excluding hydrogens is 337 g/mol. The molecule has 1 aliphatic heterocycles. The number of nitriles is 1. The van der Waals surface area contributed by atoms with Crippen LogP contribution in [0.5, 0.6) is 5.75 Å². The quantitative estimate of drug-likeness (QED) is 0.910. The maximum absolute atomic E-state index is 14.0. The average molecular weight is 351 g/mol. The number of hydrogen-bond acceptors (Lipinski definition) is 6. The van der Waals surface area contributed by atoms with Gasteiger partial charge in [0.2, 0.25) is 0 Å². The number of ether oxygens (including phenoxy) is 1. The zero-order valence-corrected chi connectivity index (χ0v) is 13.4. The van der Waals surface area contributed by atoms with Crippen LogP contribution in [0, 0.1) is 23.1 Å². The Morgan fingerprint density at radius 2 is 2.23 bits per heavy atom. The lowest BCUT2D eigenvalue weighted by atomic mass is 10.1. The maximum atomic E-state index is 14.0. The molecule has 1 aromatic heterocycles. The first-order valence-electron chi connectivity index (χ1n) is 7.81. The summed E-state index contributed by atoms with van der Waals surface area (Å²) in [6, 6.07) is 5.55. The van der Waals surface area contributed by atoms with Crippen molar-refractivity contribution >= 4 is 12.1 Å². The molecular formula is C18H14FN5O2. The van der Waals surface area contributed by atoms with Gasteiger partial charge in [0, 0.05) is 13.6 Å². The Balaban J connectivity index is 0.00000210. The monoisotopic (exact) mass is 351 g/mol. The van der Waals surface area contributed by atoms with Gasteiger partial charge < -0.3 is 10.1 Å². The summed E-state index contributed by atoms with van der Waals surface area (Å²) in [6.07, 6.45) is 8.23. The summed E-state index contributed by atoms with van der Waals surface area (Å²) in [5, 5.41) is 11.7. The lowest BCUT2D eigenvalue weighted by molar-refractivity contribution is 0.0937. The van der Waals surface area contributed by atoms with Crippen molar-refractivity contribution in [3.8, 4) is 11.8 Å². The van der Waals surface area contributed by atoms with Crippen molar-refractivity contribution in [1.29, 1.82) is 5.26 Å². The molecule has 4 rings (SSSR count). The standard InChI is InChI=1S/C18H12FN5O2.H2/c19-15-2-1-11(5-20)3-13(15)17(25)24-18-4-14(18)16(8-21-9-18)26-12-6-22-10-23-7-12;/h1-3,6-10,14H,4H2,(H,24,25);1H. The third-order valence-electron chi connectivity index (χ3n) is 4.31. The SMILES string of the molecule is N#Cc1ccc(F)c(C(=O)NC23C=NC=C(Oc4cncnc4)C2C3)c1.[HH]. The van der Waals surface area contributed by atoms with E-state index in [1.165, 1.54) is 30.9 Å². The number of rotatable bonds is 4. The van der Waals surface area contributed by atoms with E-state index in [1.807, 2.05) is 6.07 Å². The number of fused-ring (bicyclic) bond motifs is 1. The van der Waals surface area contributed by atoms with Gasteiger partial charge in [0.25, 0.3) is 5.91 Å². The molecule has 1 aromatic carbocycles. The van der Waals surface area contributed by atoms with Crippen molar-refractivity contribution < 1.29 is 15.3 Å². The molecule has 2 unspecified atom stereocenters. The van der Waals surface area contributed by atoms with Gasteiger partial charge in [-0.3, -0.25) is 9.79 Å². The van der Waals surface area contributed by atoms with Crippen LogP contribution in [0.25, 0.3) is 0 Å². The molecule has 130 valence electrons. The van der Waals surface area contributed by atoms with Crippen molar-refractivity contribution in [2.75, 3.05) is 0 Å². The molecule has 2 heterocycles. The van der Waals surface area contributed by atoms with Crippen LogP contribution >= 0.6 is 0 Å². The van der Waals surface area contributed by atoms with E-state index < -0.39 is 17.3 Å². The van der Waals surface area contributed by atoms with Gasteiger partial charge in [-0.25, -0.2) is 14.4 Å². The van der Waals surface area contributed by atoms with E-state index in [0.29, 0.717) is 17.9 Å². The predicted molar refractivity (Wildman–Crippen MR) is 90.8 cm³/mol. The second-order valence-electron chi connectivity index (χ2n) is 6.04. The summed E-state index contributed by atoms with van der Waals surface area (Å²) in [4.78, 5) is 24.4. The van der Waals surface area contributed by atoms with Gasteiger partial charge in [-0.05, 0) is 24.6 Å². The Morgan fingerprint density at radius 1 is 1.42 bits per heavy atom. The zero-order valence-electron chi connectivity index (χ0n) is 13.4. The highest BCUT2D eigenvalue weighted by atomic mass is 19.1. The molecule has 7 nitrogen and oxygen atoms in total. The molecule has 26 heavy (non-hydrogen) atoms. The lowest BCUT2D eigenvalue weighted by Crippen LogP contribution is -2.41. The maximum Gasteiger partial charge on any atom is 0.255 e. The van der Waals surface area contributed by atoms with Crippen LogP contribution in [0.2, 0.25) is 0 Å². The molecule has 1 fully saturated rings. The Kier molecular flexibility index (Phi) is 3.69. The number of nitrogens with zero attached hydrogens (tertiary/aromatic N) is 4. The summed E-state index contributed by atoms with van der Waals surface area (Å²) in [6.45, 7) is 0. The largest absolute Gasteiger partial charge is 0.456 e. The minimum Gasteiger partial charge on any atom is -0.456 e. The molecule has 1 aliphatic carbocycles. The molecule has 0 saturated heterocycles. The highest BCUT2D eigenvalue weighted by Gasteiger charge is 2.58. The van der Waals surface area contributed by atoms with E-state index in [9.17, 15) is 9.18 Å². The van der Waals surface area contributed by atoms with Gasteiger partial charge in [0.05, 0.1) is 41.3 Å². The number of nitrogens with one attached hydrogen (secondary N) is 1. The van der Waals surface area contributed by atoms with Crippen molar-refractivity contribution in [2.24, 2.45) is 10.9 Å². The molecule has 0 spiro atoms. The molecule has 2 aliphatic rings. The third kappa shape index (κ3) is 2.80. The number of aliphatic imine (C=N–C) groups is 1. The zero-order chi connectivity index (χ0) is 18.1. The Bertz CT molecular complexity index is 989. The first-order valence-corrected chi connectivity index (χ1v) is 7.81. The van der Waals surface area contributed by atoms with Crippen LogP contribution in [0.15, 0.2) is 53.9 Å². The molecule has 8 heteroatoms. The summed E-state index contributed by atoms with van der Waals surface area (Å²) in [7, 11) is 0.